The molecule has 1 heterocycles. The molecule has 0 radical (unpaired) electrons. The van der Waals surface area contributed by atoms with Crippen molar-refractivity contribution in [3.05, 3.63) is 70.2 Å². The van der Waals surface area contributed by atoms with Crippen LogP contribution in [-0.4, -0.2) is 36.0 Å². The van der Waals surface area contributed by atoms with Gasteiger partial charge in [-0.15, -0.1) is 0 Å². The van der Waals surface area contributed by atoms with Gasteiger partial charge >= 0.3 is 0 Å². The molecule has 1 saturated carbocycles. The van der Waals surface area contributed by atoms with Gasteiger partial charge in [0, 0.05) is 22.7 Å². The second-order valence-corrected chi connectivity index (χ2v) is 10.1. The minimum absolute atomic E-state index is 0.0739. The zero-order valence-corrected chi connectivity index (χ0v) is 19.6. The molecule has 2 fully saturated rings. The largest absolute Gasteiger partial charge is 0.348 e. The van der Waals surface area contributed by atoms with Crippen molar-refractivity contribution in [2.24, 2.45) is 5.92 Å². The molecule has 0 aromatic heterocycles. The molecule has 1 aliphatic heterocycles. The van der Waals surface area contributed by atoms with Crippen molar-refractivity contribution >= 4 is 17.5 Å². The molecule has 4 rings (SSSR count). The molecule has 3 nitrogen and oxygen atoms in total. The molecular formula is C27H35ClN2O. The number of rotatable bonds is 6. The molecule has 1 aliphatic carbocycles. The second-order valence-electron chi connectivity index (χ2n) is 9.66. The van der Waals surface area contributed by atoms with Gasteiger partial charge in [-0.25, -0.2) is 0 Å². The lowest BCUT2D eigenvalue weighted by molar-refractivity contribution is 0.0862. The van der Waals surface area contributed by atoms with Crippen LogP contribution in [0.5, 0.6) is 0 Å². The summed E-state index contributed by atoms with van der Waals surface area (Å²) >= 11 is 6.02. The Bertz CT molecular complexity index is 854. The summed E-state index contributed by atoms with van der Waals surface area (Å²) in [6.07, 6.45) is 7.09. The first kappa shape index (κ1) is 22.4. The van der Waals surface area contributed by atoms with Crippen LogP contribution in [0.25, 0.3) is 0 Å². The third-order valence-corrected chi connectivity index (χ3v) is 7.44. The molecule has 0 spiro atoms. The van der Waals surface area contributed by atoms with Gasteiger partial charge in [0.2, 0.25) is 0 Å². The van der Waals surface area contributed by atoms with E-state index in [4.69, 9.17) is 11.6 Å². The Hall–Kier alpha value is -1.84. The molecule has 0 unspecified atom stereocenters. The van der Waals surface area contributed by atoms with Crippen molar-refractivity contribution in [1.29, 1.82) is 0 Å². The maximum Gasteiger partial charge on any atom is 0.251 e. The molecular weight excluding hydrogens is 404 g/mol. The Kier molecular flexibility index (Phi) is 7.35. The number of halogens is 1. The lowest BCUT2D eigenvalue weighted by Crippen LogP contribution is -2.51. The number of hydrogen-bond acceptors (Lipinski definition) is 2. The van der Waals surface area contributed by atoms with Gasteiger partial charge in [0.1, 0.15) is 0 Å². The van der Waals surface area contributed by atoms with E-state index in [1.807, 2.05) is 24.3 Å². The zero-order chi connectivity index (χ0) is 21.8. The van der Waals surface area contributed by atoms with E-state index >= 15 is 0 Å². The van der Waals surface area contributed by atoms with E-state index in [1.54, 1.807) is 0 Å². The fourth-order valence-corrected chi connectivity index (χ4v) is 5.39. The summed E-state index contributed by atoms with van der Waals surface area (Å²) in [6.45, 7) is 6.63. The lowest BCUT2D eigenvalue weighted by atomic mass is 9.89. The number of piperidine rings is 1. The van der Waals surface area contributed by atoms with Crippen molar-refractivity contribution in [2.75, 3.05) is 13.1 Å². The van der Waals surface area contributed by atoms with Gasteiger partial charge in [0.25, 0.3) is 5.91 Å². The highest BCUT2D eigenvalue weighted by molar-refractivity contribution is 6.30. The molecule has 4 heteroatoms. The Morgan fingerprint density at radius 2 is 1.68 bits per heavy atom. The number of nitrogens with one attached hydrogen (secondary N) is 1. The normalized spacial score (nSPS) is 22.7. The molecule has 1 saturated heterocycles. The van der Waals surface area contributed by atoms with Crippen LogP contribution in [0, 0.1) is 5.92 Å². The highest BCUT2D eigenvalue weighted by atomic mass is 35.5. The van der Waals surface area contributed by atoms with Gasteiger partial charge in [-0.1, -0.05) is 49.7 Å². The Labute approximate surface area is 192 Å². The summed E-state index contributed by atoms with van der Waals surface area (Å²) in [5, 5.41) is 4.16. The molecule has 2 atom stereocenters. The second kappa shape index (κ2) is 10.2. The van der Waals surface area contributed by atoms with Gasteiger partial charge in [0.05, 0.1) is 0 Å². The summed E-state index contributed by atoms with van der Waals surface area (Å²) in [6, 6.07) is 17.2. The molecule has 1 N–H and O–H groups in total. The van der Waals surface area contributed by atoms with Crippen LogP contribution in [0.15, 0.2) is 48.5 Å². The first-order valence-corrected chi connectivity index (χ1v) is 12.3. The van der Waals surface area contributed by atoms with Gasteiger partial charge in [-0.3, -0.25) is 9.69 Å². The average Bonchev–Trinajstić information content (AvgIpc) is 3.24. The minimum atomic E-state index is 0.0739. The van der Waals surface area contributed by atoms with Crippen LogP contribution in [0.3, 0.4) is 0 Å². The van der Waals surface area contributed by atoms with Crippen molar-refractivity contribution in [3.8, 4) is 0 Å². The number of likely N-dealkylation sites (tertiary alicyclic amines) is 1. The van der Waals surface area contributed by atoms with Crippen molar-refractivity contribution in [1.82, 2.24) is 10.2 Å². The summed E-state index contributed by atoms with van der Waals surface area (Å²) in [5.74, 6) is 1.30. The van der Waals surface area contributed by atoms with Crippen LogP contribution in [0.2, 0.25) is 5.02 Å². The number of hydrogen-bond donors (Lipinski definition) is 1. The number of carbonyl (C=O) groups is 1. The molecule has 2 aromatic rings. The summed E-state index contributed by atoms with van der Waals surface area (Å²) in [7, 11) is 0. The Morgan fingerprint density at radius 1 is 1.00 bits per heavy atom. The van der Waals surface area contributed by atoms with Crippen LogP contribution in [0.4, 0.5) is 0 Å². The van der Waals surface area contributed by atoms with Crippen LogP contribution in [-0.2, 0) is 6.42 Å². The molecule has 1 amide bonds. The van der Waals surface area contributed by atoms with E-state index in [0.717, 1.165) is 42.4 Å². The first-order chi connectivity index (χ1) is 15.0. The first-order valence-electron chi connectivity index (χ1n) is 11.9. The van der Waals surface area contributed by atoms with E-state index < -0.39 is 0 Å². The van der Waals surface area contributed by atoms with Gasteiger partial charge < -0.3 is 5.32 Å². The highest BCUT2D eigenvalue weighted by Crippen LogP contribution is 2.30. The van der Waals surface area contributed by atoms with Gasteiger partial charge in [-0.2, -0.15) is 0 Å². The van der Waals surface area contributed by atoms with Crippen LogP contribution >= 0.6 is 11.6 Å². The van der Waals surface area contributed by atoms with Crippen molar-refractivity contribution in [2.45, 2.75) is 70.4 Å². The summed E-state index contributed by atoms with van der Waals surface area (Å²) < 4.78 is 0. The number of benzene rings is 2. The van der Waals surface area contributed by atoms with Gasteiger partial charge in [0.15, 0.2) is 0 Å². The van der Waals surface area contributed by atoms with Gasteiger partial charge in [-0.05, 0) is 98.8 Å². The standard InChI is InChI=1S/C27H35ClN2O/c1-19(2)22-8-10-23(11-9-22)27(31)29-25-4-3-5-26(25)30-16-14-21(15-17-30)18-20-6-12-24(28)13-7-20/h6-13,19,21,25-26H,3-5,14-18H2,1-2H3,(H,29,31)/t25-,26-/m1/s1. The third-order valence-electron chi connectivity index (χ3n) is 7.19. The van der Waals surface area contributed by atoms with E-state index in [1.165, 1.54) is 36.8 Å². The molecule has 0 bridgehead atoms. The van der Waals surface area contributed by atoms with Crippen LogP contribution in [0.1, 0.15) is 73.4 Å². The minimum Gasteiger partial charge on any atom is -0.348 e. The summed E-state index contributed by atoms with van der Waals surface area (Å²) in [5.41, 5.74) is 3.44. The predicted octanol–water partition coefficient (Wildman–Crippen LogP) is 6.07. The van der Waals surface area contributed by atoms with E-state index in [2.05, 4.69) is 48.3 Å². The average molecular weight is 439 g/mol. The molecule has 166 valence electrons. The number of amides is 1. The van der Waals surface area contributed by atoms with Crippen molar-refractivity contribution < 1.29 is 4.79 Å². The van der Waals surface area contributed by atoms with E-state index in [0.29, 0.717) is 12.0 Å². The maximum atomic E-state index is 12.9. The van der Waals surface area contributed by atoms with E-state index in [-0.39, 0.29) is 11.9 Å². The lowest BCUT2D eigenvalue weighted by Gasteiger charge is -2.38. The smallest absolute Gasteiger partial charge is 0.251 e. The fraction of sp³-hybridized carbons (Fsp3) is 0.519. The fourth-order valence-electron chi connectivity index (χ4n) is 5.26. The third kappa shape index (κ3) is 5.70. The predicted molar refractivity (Wildman–Crippen MR) is 129 cm³/mol. The molecule has 2 aliphatic rings. The number of carbonyl (C=O) groups excluding carboxylic acids is 1. The van der Waals surface area contributed by atoms with Crippen LogP contribution < -0.4 is 5.32 Å². The highest BCUT2D eigenvalue weighted by Gasteiger charge is 2.35. The summed E-state index contributed by atoms with van der Waals surface area (Å²) in [4.78, 5) is 15.5. The van der Waals surface area contributed by atoms with Crippen molar-refractivity contribution in [3.63, 3.8) is 0 Å². The Morgan fingerprint density at radius 3 is 2.32 bits per heavy atom. The topological polar surface area (TPSA) is 32.3 Å². The maximum absolute atomic E-state index is 12.9. The Balaban J connectivity index is 1.29. The zero-order valence-electron chi connectivity index (χ0n) is 18.8. The quantitative estimate of drug-likeness (QED) is 0.593. The SMILES string of the molecule is CC(C)c1ccc(C(=O)N[C@@H]2CCC[C@H]2N2CCC(Cc3ccc(Cl)cc3)CC2)cc1. The molecule has 31 heavy (non-hydrogen) atoms. The van der Waals surface area contributed by atoms with E-state index in [9.17, 15) is 4.79 Å². The molecule has 2 aromatic carbocycles. The monoisotopic (exact) mass is 438 g/mol. The number of nitrogens with zero attached hydrogens (tertiary/aromatic N) is 1.